The zero-order valence-electron chi connectivity index (χ0n) is 13.3. The molecule has 8 nitrogen and oxygen atoms in total. The molecule has 0 aliphatic carbocycles. The summed E-state index contributed by atoms with van der Waals surface area (Å²) < 4.78 is 5.56. The number of aromatic nitrogens is 1. The van der Waals surface area contributed by atoms with Crippen LogP contribution in [0.1, 0.15) is 27.6 Å². The molecule has 0 aliphatic heterocycles. The van der Waals surface area contributed by atoms with Gasteiger partial charge in [-0.15, -0.1) is 0 Å². The second-order valence-electron chi connectivity index (χ2n) is 5.35. The molecule has 0 fully saturated rings. The first-order valence-corrected chi connectivity index (χ1v) is 7.13. The minimum absolute atomic E-state index is 0.136. The summed E-state index contributed by atoms with van der Waals surface area (Å²) in [5.74, 6) is -3.28. The van der Waals surface area contributed by atoms with E-state index in [-0.39, 0.29) is 23.5 Å². The summed E-state index contributed by atoms with van der Waals surface area (Å²) in [7, 11) is 0. The van der Waals surface area contributed by atoms with Crippen LogP contribution in [0.15, 0.2) is 41.2 Å². The molecular formula is C17H16N2O6. The van der Waals surface area contributed by atoms with E-state index in [0.29, 0.717) is 5.57 Å². The zero-order chi connectivity index (χ0) is 18.7. The zero-order valence-corrected chi connectivity index (χ0v) is 13.3. The summed E-state index contributed by atoms with van der Waals surface area (Å²) in [5, 5.41) is 18.9. The molecule has 25 heavy (non-hydrogen) atoms. The molecule has 130 valence electrons. The number of benzene rings is 1. The smallest absolute Gasteiger partial charge is 0.342 e. The van der Waals surface area contributed by atoms with Crippen molar-refractivity contribution in [1.29, 1.82) is 0 Å². The van der Waals surface area contributed by atoms with Gasteiger partial charge in [0.05, 0.1) is 0 Å². The Kier molecular flexibility index (Phi) is 4.92. The van der Waals surface area contributed by atoms with Gasteiger partial charge in [-0.2, -0.15) is 0 Å². The Morgan fingerprint density at radius 3 is 2.36 bits per heavy atom. The monoisotopic (exact) mass is 344 g/mol. The maximum atomic E-state index is 12.1. The van der Waals surface area contributed by atoms with Crippen LogP contribution in [0.5, 0.6) is 5.75 Å². The second kappa shape index (κ2) is 6.91. The SMILES string of the molecule is C=C(C)COc1ccccc1-c1c(C(=O)O)c(N)[nH]c(=O)c1C(=O)O. The molecular weight excluding hydrogens is 328 g/mol. The molecule has 0 bridgehead atoms. The Labute approximate surface area is 142 Å². The van der Waals surface area contributed by atoms with Crippen LogP contribution in [-0.4, -0.2) is 33.7 Å². The summed E-state index contributed by atoms with van der Waals surface area (Å²) in [6.45, 7) is 5.58. The maximum absolute atomic E-state index is 12.1. The quantitative estimate of drug-likeness (QED) is 0.587. The van der Waals surface area contributed by atoms with Gasteiger partial charge in [0.2, 0.25) is 0 Å². The summed E-state index contributed by atoms with van der Waals surface area (Å²) in [5.41, 5.74) is 3.92. The molecule has 0 spiro atoms. The fourth-order valence-corrected chi connectivity index (χ4v) is 2.32. The molecule has 2 aromatic rings. The van der Waals surface area contributed by atoms with E-state index < -0.39 is 34.4 Å². The van der Waals surface area contributed by atoms with Gasteiger partial charge >= 0.3 is 11.9 Å². The molecule has 5 N–H and O–H groups in total. The van der Waals surface area contributed by atoms with E-state index in [0.717, 1.165) is 0 Å². The van der Waals surface area contributed by atoms with E-state index in [1.807, 2.05) is 0 Å². The molecule has 1 aromatic carbocycles. The molecule has 2 rings (SSSR count). The highest BCUT2D eigenvalue weighted by atomic mass is 16.5. The van der Waals surface area contributed by atoms with Crippen molar-refractivity contribution in [2.75, 3.05) is 12.3 Å². The fraction of sp³-hybridized carbons (Fsp3) is 0.118. The van der Waals surface area contributed by atoms with Crippen LogP contribution in [0.4, 0.5) is 5.82 Å². The maximum Gasteiger partial charge on any atom is 0.342 e. The number of para-hydroxylation sites is 1. The number of anilines is 1. The molecule has 0 saturated carbocycles. The molecule has 1 aromatic heterocycles. The number of ether oxygens (including phenoxy) is 1. The largest absolute Gasteiger partial charge is 0.489 e. The second-order valence-corrected chi connectivity index (χ2v) is 5.35. The number of aromatic carboxylic acids is 2. The van der Waals surface area contributed by atoms with Gasteiger partial charge in [0.15, 0.2) is 0 Å². The van der Waals surface area contributed by atoms with Crippen molar-refractivity contribution in [3.63, 3.8) is 0 Å². The third-order valence-electron chi connectivity index (χ3n) is 3.30. The van der Waals surface area contributed by atoms with Crippen molar-refractivity contribution in [3.05, 3.63) is 57.9 Å². The standard InChI is InChI=1S/C17H16N2O6/c1-8(2)7-25-10-6-4-3-5-9(10)11-12(16(21)22)14(18)19-15(20)13(11)17(23)24/h3-6H,1,7H2,2H3,(H,21,22)(H,23,24)(H3,18,19,20). The van der Waals surface area contributed by atoms with Crippen LogP contribution in [0.3, 0.4) is 0 Å². The van der Waals surface area contributed by atoms with Crippen molar-refractivity contribution < 1.29 is 24.5 Å². The summed E-state index contributed by atoms with van der Waals surface area (Å²) in [4.78, 5) is 37.3. The van der Waals surface area contributed by atoms with Crippen LogP contribution >= 0.6 is 0 Å². The Balaban J connectivity index is 2.87. The predicted octanol–water partition coefficient (Wildman–Crippen LogP) is 1.98. The minimum Gasteiger partial charge on any atom is -0.489 e. The number of nitrogens with two attached hydrogens (primary N) is 1. The van der Waals surface area contributed by atoms with Gasteiger partial charge in [0.1, 0.15) is 29.3 Å². The van der Waals surface area contributed by atoms with Gasteiger partial charge in [-0.1, -0.05) is 24.8 Å². The number of nitrogens with one attached hydrogen (secondary N) is 1. The summed E-state index contributed by atoms with van der Waals surface area (Å²) in [6, 6.07) is 6.19. The number of rotatable bonds is 6. The summed E-state index contributed by atoms with van der Waals surface area (Å²) in [6.07, 6.45) is 0. The minimum atomic E-state index is -1.58. The highest BCUT2D eigenvalue weighted by Crippen LogP contribution is 2.35. The van der Waals surface area contributed by atoms with Crippen molar-refractivity contribution in [2.45, 2.75) is 6.92 Å². The van der Waals surface area contributed by atoms with Gasteiger partial charge < -0.3 is 25.7 Å². The average Bonchev–Trinajstić information content (AvgIpc) is 2.51. The molecule has 8 heteroatoms. The van der Waals surface area contributed by atoms with Crippen molar-refractivity contribution in [3.8, 4) is 16.9 Å². The van der Waals surface area contributed by atoms with E-state index in [1.54, 1.807) is 19.1 Å². The van der Waals surface area contributed by atoms with Crippen molar-refractivity contribution in [2.24, 2.45) is 0 Å². The van der Waals surface area contributed by atoms with Crippen molar-refractivity contribution >= 4 is 17.8 Å². The number of H-pyrrole nitrogens is 1. The third kappa shape index (κ3) is 3.52. The van der Waals surface area contributed by atoms with Gasteiger partial charge in [0, 0.05) is 11.1 Å². The fourth-order valence-electron chi connectivity index (χ4n) is 2.32. The van der Waals surface area contributed by atoms with Crippen LogP contribution in [0, 0.1) is 0 Å². The summed E-state index contributed by atoms with van der Waals surface area (Å²) >= 11 is 0. The Morgan fingerprint density at radius 2 is 1.80 bits per heavy atom. The van der Waals surface area contributed by atoms with E-state index in [9.17, 15) is 24.6 Å². The first kappa shape index (κ1) is 17.8. The molecule has 0 saturated heterocycles. The number of carbonyl (C=O) groups is 2. The lowest BCUT2D eigenvalue weighted by atomic mass is 9.94. The van der Waals surface area contributed by atoms with Gasteiger partial charge in [-0.3, -0.25) is 4.79 Å². The van der Waals surface area contributed by atoms with E-state index >= 15 is 0 Å². The number of aromatic amines is 1. The molecule has 0 unspecified atom stereocenters. The molecule has 1 heterocycles. The number of hydrogen-bond acceptors (Lipinski definition) is 5. The molecule has 0 aliphatic rings. The van der Waals surface area contributed by atoms with Gasteiger partial charge in [-0.25, -0.2) is 9.59 Å². The van der Waals surface area contributed by atoms with E-state index in [4.69, 9.17) is 10.5 Å². The Hall–Kier alpha value is -3.55. The average molecular weight is 344 g/mol. The lowest BCUT2D eigenvalue weighted by Gasteiger charge is -2.16. The number of pyridine rings is 1. The Morgan fingerprint density at radius 1 is 1.20 bits per heavy atom. The lowest BCUT2D eigenvalue weighted by Crippen LogP contribution is -2.24. The van der Waals surface area contributed by atoms with Crippen LogP contribution in [-0.2, 0) is 0 Å². The third-order valence-corrected chi connectivity index (χ3v) is 3.30. The highest BCUT2D eigenvalue weighted by Gasteiger charge is 2.28. The molecule has 0 atom stereocenters. The topological polar surface area (TPSA) is 143 Å². The van der Waals surface area contributed by atoms with E-state index in [2.05, 4.69) is 11.6 Å². The van der Waals surface area contributed by atoms with Crippen LogP contribution in [0.25, 0.3) is 11.1 Å². The van der Waals surface area contributed by atoms with Crippen molar-refractivity contribution in [1.82, 2.24) is 4.98 Å². The first-order valence-electron chi connectivity index (χ1n) is 7.13. The Bertz CT molecular complexity index is 929. The van der Waals surface area contributed by atoms with E-state index in [1.165, 1.54) is 12.1 Å². The van der Waals surface area contributed by atoms with Crippen LogP contribution in [0.2, 0.25) is 0 Å². The number of hydrogen-bond donors (Lipinski definition) is 4. The molecule has 0 radical (unpaired) electrons. The number of carboxylic acids is 2. The van der Waals surface area contributed by atoms with Gasteiger partial charge in [0.25, 0.3) is 5.56 Å². The van der Waals surface area contributed by atoms with Crippen LogP contribution < -0.4 is 16.0 Å². The normalized spacial score (nSPS) is 10.3. The highest BCUT2D eigenvalue weighted by molar-refractivity contribution is 6.08. The van der Waals surface area contributed by atoms with Gasteiger partial charge in [-0.05, 0) is 18.6 Å². The lowest BCUT2D eigenvalue weighted by molar-refractivity contribution is 0.0695. The number of carboxylic acid groups (broad SMARTS) is 2. The predicted molar refractivity (Wildman–Crippen MR) is 91.1 cm³/mol. The molecule has 0 amide bonds. The number of nitrogen functional groups attached to an aromatic ring is 1. The first-order chi connectivity index (χ1) is 11.7.